The Morgan fingerprint density at radius 1 is 1.20 bits per heavy atom. The normalized spacial score (nSPS) is 31.6. The summed E-state index contributed by atoms with van der Waals surface area (Å²) in [6, 6.07) is 0.771. The van der Waals surface area contributed by atoms with Crippen LogP contribution in [0.3, 0.4) is 0 Å². The van der Waals surface area contributed by atoms with Gasteiger partial charge >= 0.3 is 0 Å². The molecule has 2 aliphatic rings. The Balaban J connectivity index is 1.71. The van der Waals surface area contributed by atoms with E-state index in [1.807, 2.05) is 11.8 Å². The van der Waals surface area contributed by atoms with Crippen molar-refractivity contribution in [2.24, 2.45) is 5.92 Å². The molecule has 2 fully saturated rings. The van der Waals surface area contributed by atoms with Crippen molar-refractivity contribution in [3.8, 4) is 0 Å². The molecule has 1 heterocycles. The largest absolute Gasteiger partial charge is 0.308 e. The lowest BCUT2D eigenvalue weighted by Crippen LogP contribution is -2.63. The van der Waals surface area contributed by atoms with Crippen molar-refractivity contribution >= 4 is 11.8 Å². The van der Waals surface area contributed by atoms with E-state index in [2.05, 4.69) is 30.3 Å². The monoisotopic (exact) mass is 298 g/mol. The Hall–Kier alpha value is 0.270. The Kier molecular flexibility index (Phi) is 6.70. The van der Waals surface area contributed by atoms with E-state index in [0.717, 1.165) is 12.0 Å². The SMILES string of the molecule is CCC1CNC(C)(C2CC2)CN1CCCCCCSC. The lowest BCUT2D eigenvalue weighted by Gasteiger charge is -2.46. The summed E-state index contributed by atoms with van der Waals surface area (Å²) < 4.78 is 0. The van der Waals surface area contributed by atoms with Gasteiger partial charge in [-0.2, -0.15) is 11.8 Å². The minimum Gasteiger partial charge on any atom is -0.308 e. The van der Waals surface area contributed by atoms with Crippen molar-refractivity contribution < 1.29 is 0 Å². The summed E-state index contributed by atoms with van der Waals surface area (Å²) in [5.74, 6) is 2.29. The van der Waals surface area contributed by atoms with Crippen LogP contribution in [0, 0.1) is 5.92 Å². The maximum atomic E-state index is 3.86. The molecule has 1 aliphatic carbocycles. The van der Waals surface area contributed by atoms with Crippen LogP contribution in [0.2, 0.25) is 0 Å². The van der Waals surface area contributed by atoms with Gasteiger partial charge < -0.3 is 5.32 Å². The molecule has 2 rings (SSSR count). The quantitative estimate of drug-likeness (QED) is 0.653. The fourth-order valence-corrected chi connectivity index (χ4v) is 4.15. The molecule has 0 spiro atoms. The second-order valence-electron chi connectivity index (χ2n) is 7.01. The molecule has 1 saturated carbocycles. The van der Waals surface area contributed by atoms with E-state index in [-0.39, 0.29) is 0 Å². The van der Waals surface area contributed by atoms with Gasteiger partial charge in [0.15, 0.2) is 0 Å². The van der Waals surface area contributed by atoms with E-state index in [1.165, 1.54) is 70.3 Å². The Morgan fingerprint density at radius 2 is 1.95 bits per heavy atom. The minimum absolute atomic E-state index is 0.407. The van der Waals surface area contributed by atoms with E-state index in [0.29, 0.717) is 5.54 Å². The molecule has 2 atom stereocenters. The minimum atomic E-state index is 0.407. The van der Waals surface area contributed by atoms with Crippen molar-refractivity contribution in [1.82, 2.24) is 10.2 Å². The first kappa shape index (κ1) is 16.6. The van der Waals surface area contributed by atoms with E-state index in [4.69, 9.17) is 0 Å². The van der Waals surface area contributed by atoms with Crippen LogP contribution in [0.15, 0.2) is 0 Å². The van der Waals surface area contributed by atoms with Crippen LogP contribution in [0.4, 0.5) is 0 Å². The van der Waals surface area contributed by atoms with Crippen molar-refractivity contribution in [3.63, 3.8) is 0 Å². The molecule has 0 amide bonds. The topological polar surface area (TPSA) is 15.3 Å². The molecule has 1 N–H and O–H groups in total. The molecule has 0 aromatic carbocycles. The van der Waals surface area contributed by atoms with Crippen LogP contribution in [-0.4, -0.2) is 48.1 Å². The lowest BCUT2D eigenvalue weighted by molar-refractivity contribution is 0.0714. The van der Waals surface area contributed by atoms with Crippen molar-refractivity contribution in [1.29, 1.82) is 0 Å². The smallest absolute Gasteiger partial charge is 0.0309 e. The zero-order valence-corrected chi connectivity index (χ0v) is 14.6. The third-order valence-electron chi connectivity index (χ3n) is 5.28. The molecule has 3 heteroatoms. The summed E-state index contributed by atoms with van der Waals surface area (Å²) in [4.78, 5) is 2.80. The fraction of sp³-hybridized carbons (Fsp3) is 1.00. The Bertz CT molecular complexity index is 280. The third-order valence-corrected chi connectivity index (χ3v) is 5.98. The molecule has 0 aromatic rings. The summed E-state index contributed by atoms with van der Waals surface area (Å²) >= 11 is 1.98. The second-order valence-corrected chi connectivity index (χ2v) is 8.00. The van der Waals surface area contributed by atoms with Gasteiger partial charge in [-0.05, 0) is 63.5 Å². The number of piperazine rings is 1. The predicted molar refractivity (Wildman–Crippen MR) is 91.6 cm³/mol. The van der Waals surface area contributed by atoms with Gasteiger partial charge in [0.05, 0.1) is 0 Å². The van der Waals surface area contributed by atoms with Gasteiger partial charge in [0.2, 0.25) is 0 Å². The highest BCUT2D eigenvalue weighted by molar-refractivity contribution is 7.98. The van der Waals surface area contributed by atoms with Gasteiger partial charge in [0, 0.05) is 24.7 Å². The first-order chi connectivity index (χ1) is 9.69. The van der Waals surface area contributed by atoms with Crippen LogP contribution < -0.4 is 5.32 Å². The lowest BCUT2D eigenvalue weighted by atomic mass is 9.90. The zero-order valence-electron chi connectivity index (χ0n) is 13.8. The van der Waals surface area contributed by atoms with Crippen LogP contribution >= 0.6 is 11.8 Å². The van der Waals surface area contributed by atoms with Gasteiger partial charge in [0.25, 0.3) is 0 Å². The number of nitrogens with one attached hydrogen (secondary N) is 1. The molecule has 2 nitrogen and oxygen atoms in total. The highest BCUT2D eigenvalue weighted by atomic mass is 32.2. The molecule has 0 radical (unpaired) electrons. The van der Waals surface area contributed by atoms with E-state index in [1.54, 1.807) is 0 Å². The maximum absolute atomic E-state index is 3.86. The molecule has 20 heavy (non-hydrogen) atoms. The fourth-order valence-electron chi connectivity index (χ4n) is 3.66. The highest BCUT2D eigenvalue weighted by Crippen LogP contribution is 2.41. The summed E-state index contributed by atoms with van der Waals surface area (Å²) in [7, 11) is 0. The van der Waals surface area contributed by atoms with Gasteiger partial charge in [-0.15, -0.1) is 0 Å². The van der Waals surface area contributed by atoms with Crippen LogP contribution in [0.5, 0.6) is 0 Å². The van der Waals surface area contributed by atoms with Gasteiger partial charge in [-0.25, -0.2) is 0 Å². The summed E-state index contributed by atoms with van der Waals surface area (Å²) in [5, 5.41) is 3.86. The maximum Gasteiger partial charge on any atom is 0.0309 e. The van der Waals surface area contributed by atoms with Crippen LogP contribution in [0.25, 0.3) is 0 Å². The molecular weight excluding hydrogens is 264 g/mol. The number of hydrogen-bond donors (Lipinski definition) is 1. The van der Waals surface area contributed by atoms with Crippen molar-refractivity contribution in [3.05, 3.63) is 0 Å². The Morgan fingerprint density at radius 3 is 2.60 bits per heavy atom. The molecule has 1 aliphatic heterocycles. The average Bonchev–Trinajstić information content (AvgIpc) is 3.28. The van der Waals surface area contributed by atoms with E-state index in [9.17, 15) is 0 Å². The first-order valence-corrected chi connectivity index (χ1v) is 10.1. The molecule has 0 aromatic heterocycles. The number of hydrogen-bond acceptors (Lipinski definition) is 3. The summed E-state index contributed by atoms with van der Waals surface area (Å²) in [6.45, 7) is 8.61. The number of thioether (sulfide) groups is 1. The molecule has 0 bridgehead atoms. The summed E-state index contributed by atoms with van der Waals surface area (Å²) in [5.41, 5.74) is 0.407. The average molecular weight is 299 g/mol. The molecule has 2 unspecified atom stereocenters. The van der Waals surface area contributed by atoms with Crippen LogP contribution in [-0.2, 0) is 0 Å². The molecule has 1 saturated heterocycles. The number of nitrogens with zero attached hydrogens (tertiary/aromatic N) is 1. The summed E-state index contributed by atoms with van der Waals surface area (Å²) in [6.07, 6.45) is 12.0. The van der Waals surface area contributed by atoms with E-state index >= 15 is 0 Å². The van der Waals surface area contributed by atoms with Gasteiger partial charge in [-0.3, -0.25) is 4.90 Å². The number of rotatable bonds is 9. The van der Waals surface area contributed by atoms with E-state index < -0.39 is 0 Å². The van der Waals surface area contributed by atoms with Gasteiger partial charge in [-0.1, -0.05) is 19.8 Å². The highest BCUT2D eigenvalue weighted by Gasteiger charge is 2.45. The van der Waals surface area contributed by atoms with Crippen molar-refractivity contribution in [2.75, 3.05) is 31.6 Å². The van der Waals surface area contributed by atoms with Gasteiger partial charge in [0.1, 0.15) is 0 Å². The molecule has 118 valence electrons. The second kappa shape index (κ2) is 8.05. The Labute approximate surface area is 130 Å². The standard InChI is InChI=1S/C17H34N2S/c1-4-16-13-18-17(2,15-9-10-15)14-19(16)11-7-5-6-8-12-20-3/h15-16,18H,4-14H2,1-3H3. The first-order valence-electron chi connectivity index (χ1n) is 8.67. The number of unbranched alkanes of at least 4 members (excludes halogenated alkanes) is 3. The zero-order chi connectivity index (χ0) is 14.4. The van der Waals surface area contributed by atoms with Crippen molar-refractivity contribution in [2.45, 2.75) is 70.4 Å². The predicted octanol–water partition coefficient (Wildman–Crippen LogP) is 3.76. The molecular formula is C17H34N2S. The van der Waals surface area contributed by atoms with Crippen LogP contribution in [0.1, 0.15) is 58.8 Å². The third kappa shape index (κ3) is 4.64.